The summed E-state index contributed by atoms with van der Waals surface area (Å²) in [7, 11) is 1.88. The van der Waals surface area contributed by atoms with Gasteiger partial charge in [0.15, 0.2) is 0 Å². The topological polar surface area (TPSA) is 50.9 Å². The molecule has 0 radical (unpaired) electrons. The number of nitrogens with zero attached hydrogens (tertiary/aromatic N) is 3. The third-order valence-electron chi connectivity index (χ3n) is 3.07. The molecule has 0 spiro atoms. The second-order valence-corrected chi connectivity index (χ2v) is 5.82. The third kappa shape index (κ3) is 2.62. The van der Waals surface area contributed by atoms with E-state index in [1.807, 2.05) is 20.2 Å². The van der Waals surface area contributed by atoms with Gasteiger partial charge >= 0.3 is 0 Å². The number of aromatic nitrogens is 3. The van der Waals surface area contributed by atoms with Crippen LogP contribution in [0.2, 0.25) is 0 Å². The summed E-state index contributed by atoms with van der Waals surface area (Å²) in [5.74, 6) is 0. The third-order valence-corrected chi connectivity index (χ3v) is 4.17. The highest BCUT2D eigenvalue weighted by molar-refractivity contribution is 7.11. The monoisotopic (exact) mass is 265 g/mol. The zero-order chi connectivity index (χ0) is 13.3. The van der Waals surface area contributed by atoms with Crippen LogP contribution in [-0.2, 0) is 19.9 Å². The zero-order valence-electron chi connectivity index (χ0n) is 11.3. The lowest BCUT2D eigenvalue weighted by Crippen LogP contribution is -2.03. The molecule has 1 N–H and O–H groups in total. The molecule has 2 rings (SSSR count). The van der Waals surface area contributed by atoms with E-state index in [0.29, 0.717) is 6.42 Å². The molecule has 4 nitrogen and oxygen atoms in total. The number of aliphatic hydroxyl groups is 1. The first-order valence-corrected chi connectivity index (χ1v) is 6.96. The van der Waals surface area contributed by atoms with Crippen LogP contribution in [0.5, 0.6) is 0 Å². The van der Waals surface area contributed by atoms with Gasteiger partial charge in [-0.2, -0.15) is 5.10 Å². The molecule has 0 fully saturated rings. The summed E-state index contributed by atoms with van der Waals surface area (Å²) in [6.07, 6.45) is 2.79. The second-order valence-electron chi connectivity index (χ2n) is 4.53. The van der Waals surface area contributed by atoms with E-state index in [2.05, 4.69) is 23.9 Å². The molecule has 2 aromatic rings. The summed E-state index contributed by atoms with van der Waals surface area (Å²) in [5, 5.41) is 15.7. The molecule has 2 aromatic heterocycles. The van der Waals surface area contributed by atoms with Crippen LogP contribution < -0.4 is 0 Å². The summed E-state index contributed by atoms with van der Waals surface area (Å²) in [5.41, 5.74) is 2.95. The van der Waals surface area contributed by atoms with Gasteiger partial charge in [-0.15, -0.1) is 11.3 Å². The van der Waals surface area contributed by atoms with Gasteiger partial charge in [-0.05, 0) is 20.3 Å². The van der Waals surface area contributed by atoms with E-state index in [9.17, 15) is 5.11 Å². The Labute approximate surface area is 111 Å². The number of aliphatic hydroxyl groups excluding tert-OH is 1. The van der Waals surface area contributed by atoms with Crippen molar-refractivity contribution in [3.05, 3.63) is 33.0 Å². The average Bonchev–Trinajstić information content (AvgIpc) is 2.83. The second kappa shape index (κ2) is 5.20. The first-order chi connectivity index (χ1) is 8.51. The fourth-order valence-corrected chi connectivity index (χ4v) is 2.98. The molecule has 0 saturated carbocycles. The summed E-state index contributed by atoms with van der Waals surface area (Å²) < 4.78 is 1.76. The highest BCUT2D eigenvalue weighted by Gasteiger charge is 2.17. The summed E-state index contributed by atoms with van der Waals surface area (Å²) in [6, 6.07) is 0. The fourth-order valence-electron chi connectivity index (χ4n) is 2.01. The number of hydrogen-bond donors (Lipinski definition) is 1. The van der Waals surface area contributed by atoms with E-state index in [-0.39, 0.29) is 0 Å². The quantitative estimate of drug-likeness (QED) is 0.923. The van der Waals surface area contributed by atoms with E-state index in [1.165, 1.54) is 4.88 Å². The van der Waals surface area contributed by atoms with Crippen LogP contribution in [0.25, 0.3) is 0 Å². The molecule has 0 aliphatic heterocycles. The predicted octanol–water partition coefficient (Wildman–Crippen LogP) is 2.33. The molecule has 18 heavy (non-hydrogen) atoms. The maximum absolute atomic E-state index is 10.3. The van der Waals surface area contributed by atoms with Gasteiger partial charge in [0.25, 0.3) is 0 Å². The molecular formula is C13H19N3OS. The number of thiazole rings is 1. The fraction of sp³-hybridized carbons (Fsp3) is 0.538. The van der Waals surface area contributed by atoms with Crippen LogP contribution >= 0.6 is 11.3 Å². The smallest absolute Gasteiger partial charge is 0.0960 e. The Morgan fingerprint density at radius 1 is 1.44 bits per heavy atom. The lowest BCUT2D eigenvalue weighted by molar-refractivity contribution is 0.177. The Morgan fingerprint density at radius 2 is 2.17 bits per heavy atom. The van der Waals surface area contributed by atoms with Gasteiger partial charge in [0.1, 0.15) is 0 Å². The van der Waals surface area contributed by atoms with Crippen molar-refractivity contribution in [1.29, 1.82) is 0 Å². The molecule has 0 aliphatic carbocycles. The zero-order valence-corrected chi connectivity index (χ0v) is 12.1. The Hall–Kier alpha value is -1.20. The average molecular weight is 265 g/mol. The largest absolute Gasteiger partial charge is 0.388 e. The number of hydrogen-bond acceptors (Lipinski definition) is 4. The van der Waals surface area contributed by atoms with Crippen LogP contribution in [-0.4, -0.2) is 19.9 Å². The summed E-state index contributed by atoms with van der Waals surface area (Å²) in [4.78, 5) is 5.69. The molecule has 0 saturated heterocycles. The molecule has 5 heteroatoms. The Balaban J connectivity index is 2.18. The normalized spacial score (nSPS) is 12.9. The van der Waals surface area contributed by atoms with Crippen LogP contribution in [0.1, 0.15) is 39.9 Å². The van der Waals surface area contributed by atoms with Crippen molar-refractivity contribution in [2.75, 3.05) is 0 Å². The molecular weight excluding hydrogens is 246 g/mol. The molecule has 98 valence electrons. The van der Waals surface area contributed by atoms with E-state index in [4.69, 9.17) is 0 Å². The van der Waals surface area contributed by atoms with E-state index >= 15 is 0 Å². The minimum absolute atomic E-state index is 0.515. The minimum atomic E-state index is -0.515. The van der Waals surface area contributed by atoms with Crippen molar-refractivity contribution in [2.24, 2.45) is 7.05 Å². The Bertz CT molecular complexity index is 525. The molecule has 0 aliphatic rings. The van der Waals surface area contributed by atoms with Gasteiger partial charge in [0.2, 0.25) is 0 Å². The van der Waals surface area contributed by atoms with E-state index in [1.54, 1.807) is 16.0 Å². The molecule has 0 bridgehead atoms. The van der Waals surface area contributed by atoms with Crippen molar-refractivity contribution in [3.8, 4) is 0 Å². The first-order valence-electron chi connectivity index (χ1n) is 6.14. The molecule has 1 atom stereocenters. The summed E-state index contributed by atoms with van der Waals surface area (Å²) in [6.45, 7) is 6.12. The highest BCUT2D eigenvalue weighted by Crippen LogP contribution is 2.25. The lowest BCUT2D eigenvalue weighted by Gasteiger charge is -2.07. The van der Waals surface area contributed by atoms with Crippen LogP contribution in [0.4, 0.5) is 0 Å². The maximum Gasteiger partial charge on any atom is 0.0960 e. The van der Waals surface area contributed by atoms with Crippen LogP contribution in [0.3, 0.4) is 0 Å². The van der Waals surface area contributed by atoms with Crippen molar-refractivity contribution >= 4 is 11.3 Å². The summed E-state index contributed by atoms with van der Waals surface area (Å²) >= 11 is 1.66. The van der Waals surface area contributed by atoms with Gasteiger partial charge in [-0.1, -0.05) is 6.92 Å². The molecule has 0 aromatic carbocycles. The lowest BCUT2D eigenvalue weighted by atomic mass is 10.1. The van der Waals surface area contributed by atoms with E-state index in [0.717, 1.165) is 28.4 Å². The van der Waals surface area contributed by atoms with E-state index < -0.39 is 6.10 Å². The van der Waals surface area contributed by atoms with Crippen LogP contribution in [0, 0.1) is 13.8 Å². The molecule has 0 amide bonds. The van der Waals surface area contributed by atoms with Crippen molar-refractivity contribution in [1.82, 2.24) is 14.8 Å². The van der Waals surface area contributed by atoms with Crippen molar-refractivity contribution in [3.63, 3.8) is 0 Å². The highest BCUT2D eigenvalue weighted by atomic mass is 32.1. The minimum Gasteiger partial charge on any atom is -0.388 e. The standard InChI is InChI=1S/C13H19N3OS/c1-5-11-10(7-16(4)15-11)12(17)6-13-14-8(2)9(3)18-13/h7,12,17H,5-6H2,1-4H3. The van der Waals surface area contributed by atoms with Crippen LogP contribution in [0.15, 0.2) is 6.20 Å². The van der Waals surface area contributed by atoms with Crippen molar-refractivity contribution < 1.29 is 5.11 Å². The molecule has 1 unspecified atom stereocenters. The number of rotatable bonds is 4. The molecule has 2 heterocycles. The SMILES string of the molecule is CCc1nn(C)cc1C(O)Cc1nc(C)c(C)s1. The van der Waals surface area contributed by atoms with Gasteiger partial charge in [0.05, 0.1) is 22.5 Å². The van der Waals surface area contributed by atoms with Gasteiger partial charge < -0.3 is 5.11 Å². The van der Waals surface area contributed by atoms with Gasteiger partial charge in [0, 0.05) is 30.1 Å². The predicted molar refractivity (Wildman–Crippen MR) is 72.8 cm³/mol. The number of aryl methyl sites for hydroxylation is 4. The Kier molecular flexibility index (Phi) is 3.82. The van der Waals surface area contributed by atoms with Gasteiger partial charge in [-0.25, -0.2) is 4.98 Å². The maximum atomic E-state index is 10.3. The van der Waals surface area contributed by atoms with Gasteiger partial charge in [-0.3, -0.25) is 4.68 Å². The first kappa shape index (κ1) is 13.2. The van der Waals surface area contributed by atoms with Crippen molar-refractivity contribution in [2.45, 2.75) is 39.7 Å². The Morgan fingerprint density at radius 3 is 2.72 bits per heavy atom.